The Hall–Kier alpha value is -2.15. The third-order valence-electron chi connectivity index (χ3n) is 1.97. The van der Waals surface area contributed by atoms with Gasteiger partial charge in [0.15, 0.2) is 5.13 Å². The van der Waals surface area contributed by atoms with Crippen molar-refractivity contribution in [1.29, 1.82) is 0 Å². The molecular formula is C10H9N3O3S. The van der Waals surface area contributed by atoms with Gasteiger partial charge in [0.05, 0.1) is 11.3 Å². The molecule has 0 bridgehead atoms. The number of aromatic nitrogens is 2. The Morgan fingerprint density at radius 1 is 1.65 bits per heavy atom. The number of nitrogens with two attached hydrogens (primary N) is 1. The van der Waals surface area contributed by atoms with Crippen LogP contribution in [0.2, 0.25) is 0 Å². The summed E-state index contributed by atoms with van der Waals surface area (Å²) in [5, 5.41) is 14.7. The molecule has 88 valence electrons. The monoisotopic (exact) mass is 251 g/mol. The predicted octanol–water partition coefficient (Wildman–Crippen LogP) is 1.65. The van der Waals surface area contributed by atoms with Crippen LogP contribution in [0.1, 0.15) is 17.1 Å². The molecule has 0 aromatic carbocycles. The molecule has 0 atom stereocenters. The summed E-state index contributed by atoms with van der Waals surface area (Å²) >= 11 is 1.18. The number of hydrogen-bond donors (Lipinski definition) is 2. The average Bonchev–Trinajstić information content (AvgIpc) is 2.83. The number of nitrogens with zero attached hydrogens (tertiary/aromatic N) is 2. The van der Waals surface area contributed by atoms with Crippen molar-refractivity contribution in [2.24, 2.45) is 0 Å². The summed E-state index contributed by atoms with van der Waals surface area (Å²) in [5.41, 5.74) is 6.26. The lowest BCUT2D eigenvalue weighted by atomic mass is 10.1. The third-order valence-corrected chi connectivity index (χ3v) is 2.64. The maximum absolute atomic E-state index is 11.1. The highest BCUT2D eigenvalue weighted by Crippen LogP contribution is 2.21. The number of thiazole rings is 1. The zero-order chi connectivity index (χ0) is 12.4. The van der Waals surface area contributed by atoms with Gasteiger partial charge in [0.25, 0.3) is 0 Å². The van der Waals surface area contributed by atoms with Gasteiger partial charge in [0, 0.05) is 11.4 Å². The van der Waals surface area contributed by atoms with Crippen LogP contribution in [0.15, 0.2) is 16.0 Å². The second-order valence-corrected chi connectivity index (χ2v) is 4.19. The maximum Gasteiger partial charge on any atom is 0.338 e. The summed E-state index contributed by atoms with van der Waals surface area (Å²) in [7, 11) is 0. The van der Waals surface area contributed by atoms with E-state index in [0.717, 1.165) is 0 Å². The molecule has 0 saturated heterocycles. The molecule has 0 aliphatic carbocycles. The Bertz CT molecular complexity index is 585. The Labute approximate surface area is 100 Å². The first-order valence-electron chi connectivity index (χ1n) is 4.66. The maximum atomic E-state index is 11.1. The molecule has 0 aliphatic heterocycles. The number of aryl methyl sites for hydroxylation is 1. The largest absolute Gasteiger partial charge is 0.478 e. The smallest absolute Gasteiger partial charge is 0.338 e. The van der Waals surface area contributed by atoms with Gasteiger partial charge in [-0.05, 0) is 13.0 Å². The summed E-state index contributed by atoms with van der Waals surface area (Å²) in [6.07, 6.45) is 1.40. The first kappa shape index (κ1) is 11.3. The summed E-state index contributed by atoms with van der Waals surface area (Å²) in [6.45, 7) is 1.73. The van der Waals surface area contributed by atoms with Crippen molar-refractivity contribution in [3.05, 3.63) is 28.6 Å². The van der Waals surface area contributed by atoms with Crippen molar-refractivity contribution in [2.75, 3.05) is 5.73 Å². The Morgan fingerprint density at radius 2 is 2.41 bits per heavy atom. The number of aliphatic carboxylic acids is 1. The lowest BCUT2D eigenvalue weighted by Gasteiger charge is -1.95. The zero-order valence-corrected chi connectivity index (χ0v) is 9.69. The van der Waals surface area contributed by atoms with Gasteiger partial charge in [-0.1, -0.05) is 5.16 Å². The van der Waals surface area contributed by atoms with E-state index in [1.54, 1.807) is 18.4 Å². The number of nitrogen functional groups attached to an aromatic ring is 1. The molecule has 2 heterocycles. The van der Waals surface area contributed by atoms with E-state index in [4.69, 9.17) is 15.4 Å². The zero-order valence-electron chi connectivity index (χ0n) is 8.88. The van der Waals surface area contributed by atoms with Crippen LogP contribution in [0.25, 0.3) is 11.6 Å². The Morgan fingerprint density at radius 3 is 2.88 bits per heavy atom. The van der Waals surface area contributed by atoms with Crippen molar-refractivity contribution < 1.29 is 14.4 Å². The van der Waals surface area contributed by atoms with Crippen molar-refractivity contribution >= 4 is 34.1 Å². The molecule has 0 radical (unpaired) electrons. The van der Waals surface area contributed by atoms with Crippen molar-refractivity contribution in [3.63, 3.8) is 0 Å². The molecule has 0 unspecified atom stereocenters. The summed E-state index contributed by atoms with van der Waals surface area (Å²) in [6, 6.07) is 1.64. The lowest BCUT2D eigenvalue weighted by Crippen LogP contribution is -2.00. The van der Waals surface area contributed by atoms with Crippen molar-refractivity contribution in [3.8, 4) is 0 Å². The van der Waals surface area contributed by atoms with E-state index in [0.29, 0.717) is 22.3 Å². The number of anilines is 1. The standard InChI is InChI=1S/C10H9N3O3S/c1-5-2-6(13-16-5)3-7(9(14)15)8-4-17-10(11)12-8/h2-4H,1H3,(H2,11,12)(H,14,15). The van der Waals surface area contributed by atoms with Gasteiger partial charge in [0.2, 0.25) is 0 Å². The van der Waals surface area contributed by atoms with Gasteiger partial charge < -0.3 is 15.4 Å². The number of carboxylic acid groups (broad SMARTS) is 1. The molecule has 0 aliphatic rings. The van der Waals surface area contributed by atoms with E-state index in [-0.39, 0.29) is 5.57 Å². The van der Waals surface area contributed by atoms with Gasteiger partial charge in [-0.3, -0.25) is 0 Å². The SMILES string of the molecule is Cc1cc(C=C(C(=O)O)c2csc(N)n2)no1. The minimum absolute atomic E-state index is 0.0336. The normalized spacial score (nSPS) is 11.7. The topological polar surface area (TPSA) is 102 Å². The van der Waals surface area contributed by atoms with Gasteiger partial charge in [0.1, 0.15) is 11.5 Å². The van der Waals surface area contributed by atoms with E-state index in [2.05, 4.69) is 10.1 Å². The lowest BCUT2D eigenvalue weighted by molar-refractivity contribution is -0.130. The van der Waals surface area contributed by atoms with E-state index >= 15 is 0 Å². The summed E-state index contributed by atoms with van der Waals surface area (Å²) in [4.78, 5) is 15.0. The fourth-order valence-corrected chi connectivity index (χ4v) is 1.82. The molecule has 2 aromatic heterocycles. The molecular weight excluding hydrogens is 242 g/mol. The molecule has 7 heteroatoms. The minimum Gasteiger partial charge on any atom is -0.478 e. The summed E-state index contributed by atoms with van der Waals surface area (Å²) in [5.74, 6) is -0.477. The molecule has 17 heavy (non-hydrogen) atoms. The van der Waals surface area contributed by atoms with Crippen LogP contribution in [0.3, 0.4) is 0 Å². The molecule has 2 aromatic rings. The fraction of sp³-hybridized carbons (Fsp3) is 0.100. The van der Waals surface area contributed by atoms with E-state index in [1.165, 1.54) is 17.4 Å². The number of carbonyl (C=O) groups is 1. The molecule has 2 rings (SSSR count). The second kappa shape index (κ2) is 4.38. The molecule has 0 saturated carbocycles. The van der Waals surface area contributed by atoms with E-state index in [9.17, 15) is 4.79 Å². The molecule has 0 fully saturated rings. The molecule has 6 nitrogen and oxygen atoms in total. The van der Waals surface area contributed by atoms with Crippen LogP contribution >= 0.6 is 11.3 Å². The Balaban J connectivity index is 2.42. The van der Waals surface area contributed by atoms with Gasteiger partial charge in [-0.15, -0.1) is 11.3 Å². The molecule has 3 N–H and O–H groups in total. The first-order valence-corrected chi connectivity index (χ1v) is 5.54. The van der Waals surface area contributed by atoms with Gasteiger partial charge in [-0.25, -0.2) is 9.78 Å². The first-order chi connectivity index (χ1) is 8.06. The third kappa shape index (κ3) is 2.51. The highest BCUT2D eigenvalue weighted by atomic mass is 32.1. The van der Waals surface area contributed by atoms with Gasteiger partial charge >= 0.3 is 5.97 Å². The Kier molecular flexibility index (Phi) is 2.92. The van der Waals surface area contributed by atoms with Crippen molar-refractivity contribution in [1.82, 2.24) is 10.1 Å². The van der Waals surface area contributed by atoms with Gasteiger partial charge in [-0.2, -0.15) is 0 Å². The van der Waals surface area contributed by atoms with Crippen LogP contribution in [-0.2, 0) is 4.79 Å². The summed E-state index contributed by atoms with van der Waals surface area (Å²) < 4.78 is 4.86. The van der Waals surface area contributed by atoms with Crippen LogP contribution in [0, 0.1) is 6.92 Å². The quantitative estimate of drug-likeness (QED) is 0.804. The van der Waals surface area contributed by atoms with E-state index < -0.39 is 5.97 Å². The highest BCUT2D eigenvalue weighted by molar-refractivity contribution is 7.13. The highest BCUT2D eigenvalue weighted by Gasteiger charge is 2.14. The fourth-order valence-electron chi connectivity index (χ4n) is 1.26. The number of carboxylic acids is 1. The predicted molar refractivity (Wildman–Crippen MR) is 63.3 cm³/mol. The second-order valence-electron chi connectivity index (χ2n) is 3.30. The van der Waals surface area contributed by atoms with Crippen LogP contribution in [0.4, 0.5) is 5.13 Å². The number of rotatable bonds is 3. The van der Waals surface area contributed by atoms with E-state index in [1.807, 2.05) is 0 Å². The average molecular weight is 251 g/mol. The van der Waals surface area contributed by atoms with Crippen molar-refractivity contribution in [2.45, 2.75) is 6.92 Å². The minimum atomic E-state index is -1.09. The van der Waals surface area contributed by atoms with Crippen LogP contribution in [-0.4, -0.2) is 21.2 Å². The molecule has 0 amide bonds. The van der Waals surface area contributed by atoms with Crippen LogP contribution in [0.5, 0.6) is 0 Å². The van der Waals surface area contributed by atoms with Crippen LogP contribution < -0.4 is 5.73 Å². The molecule has 0 spiro atoms. The number of hydrogen-bond acceptors (Lipinski definition) is 6.